The summed E-state index contributed by atoms with van der Waals surface area (Å²) < 4.78 is 38.5. The summed E-state index contributed by atoms with van der Waals surface area (Å²) in [6, 6.07) is 6.16. The Hall–Kier alpha value is -2.41. The predicted octanol–water partition coefficient (Wildman–Crippen LogP) is 4.15. The van der Waals surface area contributed by atoms with Gasteiger partial charge >= 0.3 is 0 Å². The van der Waals surface area contributed by atoms with Crippen LogP contribution in [0.1, 0.15) is 11.1 Å². The number of aromatic nitrogens is 1. The second-order valence-electron chi connectivity index (χ2n) is 5.88. The van der Waals surface area contributed by atoms with Crippen molar-refractivity contribution in [3.8, 4) is 11.5 Å². The SMILES string of the molecule is COc1cc2c(cc1OC)CN(c1nc3c(F)cc(F)cc3s1)CC2. The lowest BCUT2D eigenvalue weighted by Crippen LogP contribution is -2.30. The molecule has 0 saturated heterocycles. The molecular weight excluding hydrogens is 346 g/mol. The Bertz CT molecular complexity index is 958. The third-order valence-electron chi connectivity index (χ3n) is 4.39. The number of fused-ring (bicyclic) bond motifs is 2. The predicted molar refractivity (Wildman–Crippen MR) is 93.8 cm³/mol. The second-order valence-corrected chi connectivity index (χ2v) is 6.89. The van der Waals surface area contributed by atoms with Crippen molar-refractivity contribution in [2.45, 2.75) is 13.0 Å². The van der Waals surface area contributed by atoms with E-state index in [1.807, 2.05) is 12.1 Å². The Kier molecular flexibility index (Phi) is 3.95. The van der Waals surface area contributed by atoms with Gasteiger partial charge in [-0.1, -0.05) is 11.3 Å². The summed E-state index contributed by atoms with van der Waals surface area (Å²) in [4.78, 5) is 6.45. The molecule has 2 aromatic carbocycles. The minimum atomic E-state index is -0.624. The molecule has 0 bridgehead atoms. The van der Waals surface area contributed by atoms with Gasteiger partial charge < -0.3 is 14.4 Å². The molecule has 7 heteroatoms. The zero-order chi connectivity index (χ0) is 17.6. The summed E-state index contributed by atoms with van der Waals surface area (Å²) in [5.41, 5.74) is 2.54. The standard InChI is InChI=1S/C18H16F2N2O2S/c1-23-14-5-10-3-4-22(9-11(10)6-15(14)24-2)18-21-17-13(20)7-12(19)8-16(17)25-18/h5-8H,3-4,9H2,1-2H3. The summed E-state index contributed by atoms with van der Waals surface area (Å²) in [6.45, 7) is 1.39. The molecule has 4 rings (SSSR count). The second kappa shape index (κ2) is 6.15. The zero-order valence-electron chi connectivity index (χ0n) is 13.8. The first-order valence-corrected chi connectivity index (χ1v) is 8.65. The number of hydrogen-bond acceptors (Lipinski definition) is 5. The number of nitrogens with zero attached hydrogens (tertiary/aromatic N) is 2. The molecule has 0 N–H and O–H groups in total. The lowest BCUT2D eigenvalue weighted by Gasteiger charge is -2.29. The first kappa shape index (κ1) is 16.1. The van der Waals surface area contributed by atoms with Crippen molar-refractivity contribution >= 4 is 26.7 Å². The van der Waals surface area contributed by atoms with Gasteiger partial charge in [-0.25, -0.2) is 13.8 Å². The summed E-state index contributed by atoms with van der Waals surface area (Å²) >= 11 is 1.30. The summed E-state index contributed by atoms with van der Waals surface area (Å²) in [6.07, 6.45) is 0.822. The van der Waals surface area contributed by atoms with Gasteiger partial charge in [0.05, 0.1) is 18.9 Å². The molecule has 25 heavy (non-hydrogen) atoms. The van der Waals surface area contributed by atoms with Crippen molar-refractivity contribution in [2.24, 2.45) is 0 Å². The first-order valence-electron chi connectivity index (χ1n) is 7.83. The molecule has 4 nitrogen and oxygen atoms in total. The highest BCUT2D eigenvalue weighted by atomic mass is 32.1. The summed E-state index contributed by atoms with van der Waals surface area (Å²) in [5, 5.41) is 0.694. The number of anilines is 1. The van der Waals surface area contributed by atoms with Gasteiger partial charge in [0.1, 0.15) is 11.3 Å². The minimum absolute atomic E-state index is 0.222. The average Bonchev–Trinajstić information content (AvgIpc) is 3.04. The maximum Gasteiger partial charge on any atom is 0.186 e. The van der Waals surface area contributed by atoms with Crippen LogP contribution in [0, 0.1) is 11.6 Å². The first-order chi connectivity index (χ1) is 12.1. The summed E-state index contributed by atoms with van der Waals surface area (Å²) in [5.74, 6) is 0.190. The highest BCUT2D eigenvalue weighted by Crippen LogP contribution is 2.37. The van der Waals surface area contributed by atoms with Crippen LogP contribution in [0.15, 0.2) is 24.3 Å². The van der Waals surface area contributed by atoms with E-state index in [9.17, 15) is 8.78 Å². The normalized spacial score (nSPS) is 13.8. The maximum atomic E-state index is 13.9. The van der Waals surface area contributed by atoms with Gasteiger partial charge in [-0.3, -0.25) is 0 Å². The number of hydrogen-bond donors (Lipinski definition) is 0. The molecule has 0 aliphatic carbocycles. The molecule has 3 aromatic rings. The monoisotopic (exact) mass is 362 g/mol. The van der Waals surface area contributed by atoms with Gasteiger partial charge in [0.2, 0.25) is 0 Å². The Morgan fingerprint density at radius 3 is 2.48 bits per heavy atom. The summed E-state index contributed by atoms with van der Waals surface area (Å²) in [7, 11) is 3.23. The van der Waals surface area contributed by atoms with E-state index < -0.39 is 11.6 Å². The molecule has 0 fully saturated rings. The fourth-order valence-corrected chi connectivity index (χ4v) is 4.16. The number of halogens is 2. The molecule has 0 unspecified atom stereocenters. The van der Waals surface area contributed by atoms with E-state index in [0.29, 0.717) is 27.9 Å². The van der Waals surface area contributed by atoms with Crippen molar-refractivity contribution in [1.82, 2.24) is 4.98 Å². The van der Waals surface area contributed by atoms with E-state index in [1.165, 1.54) is 23.0 Å². The van der Waals surface area contributed by atoms with Crippen LogP contribution in [0.4, 0.5) is 13.9 Å². The number of rotatable bonds is 3. The molecule has 0 spiro atoms. The third-order valence-corrected chi connectivity index (χ3v) is 5.45. The maximum absolute atomic E-state index is 13.9. The Morgan fingerprint density at radius 1 is 1.04 bits per heavy atom. The highest BCUT2D eigenvalue weighted by Gasteiger charge is 2.22. The quantitative estimate of drug-likeness (QED) is 0.701. The molecule has 1 aromatic heterocycles. The van der Waals surface area contributed by atoms with Gasteiger partial charge in [-0.2, -0.15) is 0 Å². The molecular formula is C18H16F2N2O2S. The Balaban J connectivity index is 1.69. The largest absolute Gasteiger partial charge is 0.493 e. The van der Waals surface area contributed by atoms with E-state index in [-0.39, 0.29) is 5.52 Å². The molecule has 1 aliphatic heterocycles. The molecule has 2 heterocycles. The molecule has 130 valence electrons. The van der Waals surface area contributed by atoms with Crippen LogP contribution >= 0.6 is 11.3 Å². The topological polar surface area (TPSA) is 34.6 Å². The van der Waals surface area contributed by atoms with Gasteiger partial charge in [-0.15, -0.1) is 0 Å². The minimum Gasteiger partial charge on any atom is -0.493 e. The number of benzene rings is 2. The van der Waals surface area contributed by atoms with Crippen molar-refractivity contribution in [2.75, 3.05) is 25.7 Å². The number of ether oxygens (including phenoxy) is 2. The molecule has 0 radical (unpaired) electrons. The smallest absolute Gasteiger partial charge is 0.186 e. The van der Waals surface area contributed by atoms with Crippen molar-refractivity contribution < 1.29 is 18.3 Å². The lowest BCUT2D eigenvalue weighted by atomic mass is 9.99. The van der Waals surface area contributed by atoms with Gasteiger partial charge in [-0.05, 0) is 35.7 Å². The Labute approximate surface area is 147 Å². The molecule has 0 amide bonds. The molecule has 0 saturated carbocycles. The lowest BCUT2D eigenvalue weighted by molar-refractivity contribution is 0.353. The van der Waals surface area contributed by atoms with Crippen LogP contribution in [0.5, 0.6) is 11.5 Å². The van der Waals surface area contributed by atoms with Crippen molar-refractivity contribution in [1.29, 1.82) is 0 Å². The fraction of sp³-hybridized carbons (Fsp3) is 0.278. The zero-order valence-corrected chi connectivity index (χ0v) is 14.6. The van der Waals surface area contributed by atoms with Crippen LogP contribution in [-0.4, -0.2) is 25.7 Å². The van der Waals surface area contributed by atoms with E-state index in [1.54, 1.807) is 14.2 Å². The van der Waals surface area contributed by atoms with E-state index in [0.717, 1.165) is 24.6 Å². The van der Waals surface area contributed by atoms with Gasteiger partial charge in [0.25, 0.3) is 0 Å². The van der Waals surface area contributed by atoms with Crippen LogP contribution in [0.2, 0.25) is 0 Å². The average molecular weight is 362 g/mol. The van der Waals surface area contributed by atoms with Crippen LogP contribution in [0.25, 0.3) is 10.2 Å². The van der Waals surface area contributed by atoms with E-state index >= 15 is 0 Å². The van der Waals surface area contributed by atoms with Crippen molar-refractivity contribution in [3.05, 3.63) is 47.0 Å². The number of methoxy groups -OCH3 is 2. The third kappa shape index (κ3) is 2.78. The molecule has 1 aliphatic rings. The fourth-order valence-electron chi connectivity index (χ4n) is 3.13. The van der Waals surface area contributed by atoms with E-state index in [4.69, 9.17) is 9.47 Å². The van der Waals surface area contributed by atoms with E-state index in [2.05, 4.69) is 9.88 Å². The van der Waals surface area contributed by atoms with Crippen LogP contribution < -0.4 is 14.4 Å². The van der Waals surface area contributed by atoms with Gasteiger partial charge in [0, 0.05) is 19.2 Å². The number of thiazole rings is 1. The van der Waals surface area contributed by atoms with Crippen LogP contribution in [-0.2, 0) is 13.0 Å². The Morgan fingerprint density at radius 2 is 1.76 bits per heavy atom. The van der Waals surface area contributed by atoms with Crippen LogP contribution in [0.3, 0.4) is 0 Å². The van der Waals surface area contributed by atoms with Gasteiger partial charge in [0.15, 0.2) is 22.4 Å². The molecule has 0 atom stereocenters. The highest BCUT2D eigenvalue weighted by molar-refractivity contribution is 7.22. The van der Waals surface area contributed by atoms with Crippen molar-refractivity contribution in [3.63, 3.8) is 0 Å².